The number of hydrogen-bond donors (Lipinski definition) is 1. The van der Waals surface area contributed by atoms with Gasteiger partial charge in [0.2, 0.25) is 0 Å². The SMILES string of the molecule is CC(C)[C@@](C(=O)O)(N(C#N)c1ccccc1)[N+](=O)[O-]. The van der Waals surface area contributed by atoms with Crippen molar-refractivity contribution in [2.75, 3.05) is 4.90 Å². The summed E-state index contributed by atoms with van der Waals surface area (Å²) < 4.78 is 0. The van der Waals surface area contributed by atoms with E-state index in [0.29, 0.717) is 4.90 Å². The Kier molecular flexibility index (Phi) is 4.07. The zero-order valence-corrected chi connectivity index (χ0v) is 10.5. The van der Waals surface area contributed by atoms with Gasteiger partial charge in [0.1, 0.15) is 0 Å². The van der Waals surface area contributed by atoms with Gasteiger partial charge in [0.25, 0.3) is 0 Å². The fourth-order valence-electron chi connectivity index (χ4n) is 1.88. The largest absolute Gasteiger partial charge is 0.474 e. The molecule has 1 aromatic rings. The summed E-state index contributed by atoms with van der Waals surface area (Å²) in [4.78, 5) is 22.4. The minimum absolute atomic E-state index is 0.165. The van der Waals surface area contributed by atoms with E-state index in [1.54, 1.807) is 24.4 Å². The lowest BCUT2D eigenvalue weighted by molar-refractivity contribution is -0.561. The molecule has 19 heavy (non-hydrogen) atoms. The number of nitriles is 1. The van der Waals surface area contributed by atoms with E-state index in [0.717, 1.165) is 0 Å². The predicted molar refractivity (Wildman–Crippen MR) is 66.7 cm³/mol. The summed E-state index contributed by atoms with van der Waals surface area (Å²) in [6.45, 7) is 2.79. The molecule has 0 aliphatic rings. The van der Waals surface area contributed by atoms with Gasteiger partial charge in [-0.2, -0.15) is 5.26 Å². The van der Waals surface area contributed by atoms with Crippen LogP contribution in [0.25, 0.3) is 0 Å². The first-order valence-corrected chi connectivity index (χ1v) is 5.51. The molecule has 0 saturated carbocycles. The van der Waals surface area contributed by atoms with E-state index in [9.17, 15) is 20.0 Å². The fourth-order valence-corrected chi connectivity index (χ4v) is 1.88. The van der Waals surface area contributed by atoms with Crippen LogP contribution in [0.5, 0.6) is 0 Å². The molecule has 0 fully saturated rings. The molecule has 7 heteroatoms. The first kappa shape index (κ1) is 14.4. The number of nitrogens with zero attached hydrogens (tertiary/aromatic N) is 3. The third kappa shape index (κ3) is 2.20. The van der Waals surface area contributed by atoms with E-state index >= 15 is 0 Å². The summed E-state index contributed by atoms with van der Waals surface area (Å²) in [5.74, 6) is -2.57. The molecule has 0 amide bonds. The lowest BCUT2D eigenvalue weighted by Gasteiger charge is -2.31. The van der Waals surface area contributed by atoms with Gasteiger partial charge in [0.05, 0.1) is 16.5 Å². The lowest BCUT2D eigenvalue weighted by Crippen LogP contribution is -2.62. The summed E-state index contributed by atoms with van der Waals surface area (Å²) in [6, 6.07) is 7.72. The van der Waals surface area contributed by atoms with Crippen LogP contribution in [-0.4, -0.2) is 21.7 Å². The van der Waals surface area contributed by atoms with Gasteiger partial charge in [-0.1, -0.05) is 32.0 Å². The summed E-state index contributed by atoms with van der Waals surface area (Å²) in [6.07, 6.45) is 1.61. The van der Waals surface area contributed by atoms with Crippen molar-refractivity contribution < 1.29 is 14.8 Å². The number of hydrogen-bond acceptors (Lipinski definition) is 5. The van der Waals surface area contributed by atoms with Crippen LogP contribution in [0.3, 0.4) is 0 Å². The van der Waals surface area contributed by atoms with E-state index in [1.165, 1.54) is 26.0 Å². The molecule has 0 aliphatic carbocycles. The van der Waals surface area contributed by atoms with Gasteiger partial charge in [-0.05, 0) is 12.1 Å². The maximum atomic E-state index is 11.4. The van der Waals surface area contributed by atoms with Crippen LogP contribution in [0.2, 0.25) is 0 Å². The van der Waals surface area contributed by atoms with Crippen LogP contribution < -0.4 is 4.90 Å². The Morgan fingerprint density at radius 3 is 2.32 bits per heavy atom. The van der Waals surface area contributed by atoms with Gasteiger partial charge in [0.15, 0.2) is 6.19 Å². The Hall–Kier alpha value is -2.62. The Labute approximate surface area is 109 Å². The van der Waals surface area contributed by atoms with Crippen LogP contribution in [0.1, 0.15) is 13.8 Å². The van der Waals surface area contributed by atoms with Crippen molar-refractivity contribution in [2.24, 2.45) is 5.92 Å². The highest BCUT2D eigenvalue weighted by Gasteiger charge is 2.60. The number of carbonyl (C=O) groups is 1. The van der Waals surface area contributed by atoms with Crippen LogP contribution in [0.4, 0.5) is 5.69 Å². The molecule has 7 nitrogen and oxygen atoms in total. The number of aliphatic carboxylic acids is 1. The highest BCUT2D eigenvalue weighted by molar-refractivity contribution is 5.83. The highest BCUT2D eigenvalue weighted by atomic mass is 16.6. The highest BCUT2D eigenvalue weighted by Crippen LogP contribution is 2.31. The molecule has 0 saturated heterocycles. The summed E-state index contributed by atoms with van der Waals surface area (Å²) in [5.41, 5.74) is -2.35. The van der Waals surface area contributed by atoms with Crippen LogP contribution in [0, 0.1) is 27.5 Å². The van der Waals surface area contributed by atoms with Gasteiger partial charge < -0.3 is 5.11 Å². The second kappa shape index (κ2) is 5.35. The van der Waals surface area contributed by atoms with Crippen molar-refractivity contribution in [3.63, 3.8) is 0 Å². The van der Waals surface area contributed by atoms with Crippen molar-refractivity contribution >= 4 is 11.7 Å². The number of nitro groups is 1. The van der Waals surface area contributed by atoms with Gasteiger partial charge in [-0.25, -0.2) is 9.69 Å². The quantitative estimate of drug-likeness (QED) is 0.285. The number of carboxylic acids is 1. The molecule has 0 aliphatic heterocycles. The Morgan fingerprint density at radius 1 is 1.47 bits per heavy atom. The second-order valence-electron chi connectivity index (χ2n) is 4.21. The van der Waals surface area contributed by atoms with Gasteiger partial charge in [0, 0.05) is 0 Å². The first-order chi connectivity index (χ1) is 8.88. The molecule has 100 valence electrons. The summed E-state index contributed by atoms with van der Waals surface area (Å²) >= 11 is 0. The molecule has 0 unspecified atom stereocenters. The number of benzene rings is 1. The monoisotopic (exact) mass is 263 g/mol. The average molecular weight is 263 g/mol. The van der Waals surface area contributed by atoms with Crippen LogP contribution in [0.15, 0.2) is 30.3 Å². The standard InChI is InChI=1S/C12H13N3O4/c1-9(2)12(11(16)17,15(18)19)14(8-13)10-6-4-3-5-7-10/h3-7,9H,1-2H3,(H,16,17)/t12-/m1/s1. The zero-order valence-electron chi connectivity index (χ0n) is 10.5. The molecule has 0 spiro atoms. The molecule has 1 N–H and O–H groups in total. The molecular formula is C12H13N3O4. The Balaban J connectivity index is 3.51. The van der Waals surface area contributed by atoms with Crippen LogP contribution >= 0.6 is 0 Å². The zero-order chi connectivity index (χ0) is 14.6. The topological polar surface area (TPSA) is 107 Å². The normalized spacial score (nSPS) is 13.4. The van der Waals surface area contributed by atoms with E-state index < -0.39 is 22.5 Å². The van der Waals surface area contributed by atoms with E-state index in [-0.39, 0.29) is 5.69 Å². The second-order valence-corrected chi connectivity index (χ2v) is 4.21. The summed E-state index contributed by atoms with van der Waals surface area (Å²) in [7, 11) is 0. The number of para-hydroxylation sites is 1. The van der Waals surface area contributed by atoms with Gasteiger partial charge >= 0.3 is 11.6 Å². The first-order valence-electron chi connectivity index (χ1n) is 5.51. The van der Waals surface area contributed by atoms with E-state index in [1.807, 2.05) is 0 Å². The molecule has 0 bridgehead atoms. The van der Waals surface area contributed by atoms with Gasteiger partial charge in [-0.3, -0.25) is 10.1 Å². The van der Waals surface area contributed by atoms with E-state index in [4.69, 9.17) is 5.26 Å². The molecule has 0 heterocycles. The molecule has 1 atom stereocenters. The third-order valence-electron chi connectivity index (χ3n) is 2.85. The average Bonchev–Trinajstić information content (AvgIpc) is 2.35. The van der Waals surface area contributed by atoms with Crippen molar-refractivity contribution in [1.29, 1.82) is 5.26 Å². The molecule has 0 aromatic heterocycles. The van der Waals surface area contributed by atoms with Crippen molar-refractivity contribution in [1.82, 2.24) is 0 Å². The van der Waals surface area contributed by atoms with Crippen molar-refractivity contribution in [3.8, 4) is 6.19 Å². The molecular weight excluding hydrogens is 250 g/mol. The van der Waals surface area contributed by atoms with Crippen molar-refractivity contribution in [3.05, 3.63) is 40.4 Å². The minimum Gasteiger partial charge on any atom is -0.474 e. The number of anilines is 1. The van der Waals surface area contributed by atoms with Crippen molar-refractivity contribution in [2.45, 2.75) is 19.5 Å². The molecule has 0 radical (unpaired) electrons. The number of carboxylic acid groups (broad SMARTS) is 1. The van der Waals surface area contributed by atoms with Gasteiger partial charge in [-0.15, -0.1) is 0 Å². The van der Waals surface area contributed by atoms with Crippen LogP contribution in [-0.2, 0) is 4.79 Å². The molecule has 1 aromatic carbocycles. The lowest BCUT2D eigenvalue weighted by atomic mass is 9.94. The molecule has 1 rings (SSSR count). The maximum Gasteiger partial charge on any atom is 0.406 e. The Morgan fingerprint density at radius 2 is 2.00 bits per heavy atom. The Bertz CT molecular complexity index is 508. The minimum atomic E-state index is -2.52. The predicted octanol–water partition coefficient (Wildman–Crippen LogP) is 1.69. The fraction of sp³-hybridized carbons (Fsp3) is 0.333. The number of rotatable bonds is 5. The third-order valence-corrected chi connectivity index (χ3v) is 2.85. The smallest absolute Gasteiger partial charge is 0.406 e. The maximum absolute atomic E-state index is 11.4. The summed E-state index contributed by atoms with van der Waals surface area (Å²) in [5, 5.41) is 29.8. The van der Waals surface area contributed by atoms with E-state index in [2.05, 4.69) is 0 Å².